The van der Waals surface area contributed by atoms with Crippen LogP contribution in [0.25, 0.3) is 0 Å². The van der Waals surface area contributed by atoms with Gasteiger partial charge in [-0.1, -0.05) is 29.8 Å². The Hall–Kier alpha value is -3.59. The molecule has 0 spiro atoms. The molecule has 1 unspecified atom stereocenters. The van der Waals surface area contributed by atoms with Gasteiger partial charge in [0, 0.05) is 11.1 Å². The molecule has 1 aliphatic rings. The molecule has 1 heterocycles. The van der Waals surface area contributed by atoms with Gasteiger partial charge in [-0.15, -0.1) is 0 Å². The molecule has 0 bridgehead atoms. The summed E-state index contributed by atoms with van der Waals surface area (Å²) in [5.74, 6) is -0.630. The van der Waals surface area contributed by atoms with E-state index in [9.17, 15) is 19.7 Å². The third-order valence-electron chi connectivity index (χ3n) is 4.54. The highest BCUT2D eigenvalue weighted by molar-refractivity contribution is 6.30. The minimum absolute atomic E-state index is 0.0159. The summed E-state index contributed by atoms with van der Waals surface area (Å²) in [6.45, 7) is 3.23. The van der Waals surface area contributed by atoms with Crippen LogP contribution in [-0.4, -0.2) is 30.1 Å². The van der Waals surface area contributed by atoms with Crippen molar-refractivity contribution in [3.05, 3.63) is 80.0 Å². The summed E-state index contributed by atoms with van der Waals surface area (Å²) in [5.41, 5.74) is 1.38. The molecule has 3 rings (SSSR count). The number of nitro benzene ring substituents is 1. The SMILES string of the molecule is CCOC(=O)C1=C(COc2ccc(C)cc2[N+](=O)[O-])NC(=O)NC1c1ccc(Cl)cc1. The number of urea groups is 1. The van der Waals surface area contributed by atoms with Crippen molar-refractivity contribution >= 4 is 29.3 Å². The number of hydrogen-bond acceptors (Lipinski definition) is 6. The second kappa shape index (κ2) is 9.48. The second-order valence-electron chi connectivity index (χ2n) is 6.71. The summed E-state index contributed by atoms with van der Waals surface area (Å²) in [5, 5.41) is 17.1. The van der Waals surface area contributed by atoms with Gasteiger partial charge in [-0.2, -0.15) is 0 Å². The fraction of sp³-hybridized carbons (Fsp3) is 0.238. The van der Waals surface area contributed by atoms with Crippen molar-refractivity contribution in [2.45, 2.75) is 19.9 Å². The molecule has 1 atom stereocenters. The van der Waals surface area contributed by atoms with Crippen molar-refractivity contribution in [2.24, 2.45) is 0 Å². The van der Waals surface area contributed by atoms with Crippen LogP contribution in [0.4, 0.5) is 10.5 Å². The number of nitrogens with one attached hydrogen (secondary N) is 2. The average molecular weight is 446 g/mol. The Labute approximate surface area is 183 Å². The minimum atomic E-state index is -0.809. The number of benzene rings is 2. The topological polar surface area (TPSA) is 120 Å². The summed E-state index contributed by atoms with van der Waals surface area (Å²) in [4.78, 5) is 35.8. The van der Waals surface area contributed by atoms with E-state index in [4.69, 9.17) is 21.1 Å². The number of nitrogens with zero attached hydrogens (tertiary/aromatic N) is 1. The van der Waals surface area contributed by atoms with E-state index in [0.29, 0.717) is 16.1 Å². The molecule has 10 heteroatoms. The lowest BCUT2D eigenvalue weighted by Gasteiger charge is -2.29. The quantitative estimate of drug-likeness (QED) is 0.380. The van der Waals surface area contributed by atoms with Crippen LogP contribution in [0.2, 0.25) is 5.02 Å². The predicted molar refractivity (Wildman–Crippen MR) is 113 cm³/mol. The van der Waals surface area contributed by atoms with Crippen LogP contribution in [0.1, 0.15) is 24.1 Å². The lowest BCUT2D eigenvalue weighted by molar-refractivity contribution is -0.385. The summed E-state index contributed by atoms with van der Waals surface area (Å²) in [6.07, 6.45) is 0. The molecule has 0 saturated carbocycles. The molecule has 0 aliphatic carbocycles. The fourth-order valence-electron chi connectivity index (χ4n) is 3.13. The van der Waals surface area contributed by atoms with Crippen LogP contribution in [0.5, 0.6) is 5.75 Å². The van der Waals surface area contributed by atoms with Crippen LogP contribution in [0.3, 0.4) is 0 Å². The lowest BCUT2D eigenvalue weighted by Crippen LogP contribution is -2.47. The first-order valence-corrected chi connectivity index (χ1v) is 9.79. The number of nitro groups is 1. The fourth-order valence-corrected chi connectivity index (χ4v) is 3.25. The smallest absolute Gasteiger partial charge is 0.338 e. The number of aryl methyl sites for hydroxylation is 1. The van der Waals surface area contributed by atoms with E-state index in [1.165, 1.54) is 12.1 Å². The Morgan fingerprint density at radius 2 is 1.94 bits per heavy atom. The molecule has 2 amide bonds. The molecule has 0 aromatic heterocycles. The number of halogens is 1. The zero-order valence-electron chi connectivity index (χ0n) is 16.8. The average Bonchev–Trinajstić information content (AvgIpc) is 2.73. The first kappa shape index (κ1) is 22.1. The molecule has 0 fully saturated rings. The maximum atomic E-state index is 12.7. The van der Waals surface area contributed by atoms with Gasteiger partial charge in [-0.3, -0.25) is 10.1 Å². The van der Waals surface area contributed by atoms with E-state index in [-0.39, 0.29) is 35.9 Å². The molecule has 9 nitrogen and oxygen atoms in total. The van der Waals surface area contributed by atoms with E-state index in [1.807, 2.05) is 0 Å². The summed E-state index contributed by atoms with van der Waals surface area (Å²) < 4.78 is 10.8. The van der Waals surface area contributed by atoms with Crippen molar-refractivity contribution in [1.29, 1.82) is 0 Å². The molecule has 2 aromatic carbocycles. The number of rotatable bonds is 7. The highest BCUT2D eigenvalue weighted by atomic mass is 35.5. The second-order valence-corrected chi connectivity index (χ2v) is 7.15. The van der Waals surface area contributed by atoms with Crippen molar-refractivity contribution < 1.29 is 24.0 Å². The van der Waals surface area contributed by atoms with Gasteiger partial charge in [0.1, 0.15) is 6.61 Å². The molecular weight excluding hydrogens is 426 g/mol. The standard InChI is InChI=1S/C21H20ClN3O6/c1-3-30-20(26)18-15(11-31-17-9-4-12(2)10-16(17)25(28)29)23-21(27)24-19(18)13-5-7-14(22)8-6-13/h4-10,19H,3,11H2,1-2H3,(H2,23,24,27). The van der Waals surface area contributed by atoms with E-state index in [2.05, 4.69) is 10.6 Å². The van der Waals surface area contributed by atoms with E-state index >= 15 is 0 Å². The van der Waals surface area contributed by atoms with Gasteiger partial charge >= 0.3 is 17.7 Å². The third kappa shape index (κ3) is 5.13. The third-order valence-corrected chi connectivity index (χ3v) is 4.79. The Morgan fingerprint density at radius 1 is 1.23 bits per heavy atom. The Kier molecular flexibility index (Phi) is 6.76. The Balaban J connectivity index is 1.99. The molecule has 0 radical (unpaired) electrons. The Bertz CT molecular complexity index is 1050. The number of carbonyl (C=O) groups is 2. The maximum Gasteiger partial charge on any atom is 0.338 e. The monoisotopic (exact) mass is 445 g/mol. The number of carbonyl (C=O) groups excluding carboxylic acids is 2. The van der Waals surface area contributed by atoms with Gasteiger partial charge in [-0.25, -0.2) is 9.59 Å². The zero-order valence-corrected chi connectivity index (χ0v) is 17.6. The summed E-state index contributed by atoms with van der Waals surface area (Å²) in [6, 6.07) is 9.80. The van der Waals surface area contributed by atoms with Crippen LogP contribution in [0.15, 0.2) is 53.7 Å². The van der Waals surface area contributed by atoms with E-state index < -0.39 is 23.0 Å². The van der Waals surface area contributed by atoms with Gasteiger partial charge in [0.05, 0.1) is 28.8 Å². The van der Waals surface area contributed by atoms with Crippen molar-refractivity contribution in [1.82, 2.24) is 10.6 Å². The number of esters is 1. The Morgan fingerprint density at radius 3 is 2.58 bits per heavy atom. The minimum Gasteiger partial charge on any atom is -0.480 e. The van der Waals surface area contributed by atoms with Crippen LogP contribution in [-0.2, 0) is 9.53 Å². The molecular formula is C21H20ClN3O6. The maximum absolute atomic E-state index is 12.7. The van der Waals surface area contributed by atoms with E-state index in [1.54, 1.807) is 44.2 Å². The first-order chi connectivity index (χ1) is 14.8. The zero-order chi connectivity index (χ0) is 22.5. The molecule has 162 valence electrons. The predicted octanol–water partition coefficient (Wildman–Crippen LogP) is 3.81. The van der Waals surface area contributed by atoms with Gasteiger partial charge in [0.2, 0.25) is 0 Å². The summed E-state index contributed by atoms with van der Waals surface area (Å²) >= 11 is 5.95. The van der Waals surface area contributed by atoms with Gasteiger partial charge in [0.15, 0.2) is 5.75 Å². The largest absolute Gasteiger partial charge is 0.480 e. The molecule has 31 heavy (non-hydrogen) atoms. The lowest BCUT2D eigenvalue weighted by atomic mass is 9.95. The van der Waals surface area contributed by atoms with Crippen LogP contribution in [0, 0.1) is 17.0 Å². The van der Waals surface area contributed by atoms with Gasteiger partial charge < -0.3 is 20.1 Å². The van der Waals surface area contributed by atoms with Crippen molar-refractivity contribution in [3.63, 3.8) is 0 Å². The molecule has 1 aliphatic heterocycles. The van der Waals surface area contributed by atoms with Crippen molar-refractivity contribution in [2.75, 3.05) is 13.2 Å². The highest BCUT2D eigenvalue weighted by Gasteiger charge is 2.34. The molecule has 0 saturated heterocycles. The molecule has 2 N–H and O–H groups in total. The highest BCUT2D eigenvalue weighted by Crippen LogP contribution is 2.31. The first-order valence-electron chi connectivity index (χ1n) is 9.41. The van der Waals surface area contributed by atoms with Gasteiger partial charge in [-0.05, 0) is 43.2 Å². The van der Waals surface area contributed by atoms with Gasteiger partial charge in [0.25, 0.3) is 0 Å². The normalized spacial score (nSPS) is 15.7. The number of amides is 2. The molecule has 2 aromatic rings. The number of ether oxygens (including phenoxy) is 2. The number of hydrogen-bond donors (Lipinski definition) is 2. The van der Waals surface area contributed by atoms with Crippen molar-refractivity contribution in [3.8, 4) is 5.75 Å². The van der Waals surface area contributed by atoms with Crippen LogP contribution >= 0.6 is 11.6 Å². The van der Waals surface area contributed by atoms with E-state index in [0.717, 1.165) is 0 Å². The summed E-state index contributed by atoms with van der Waals surface area (Å²) in [7, 11) is 0. The van der Waals surface area contributed by atoms with Crippen LogP contribution < -0.4 is 15.4 Å².